The van der Waals surface area contributed by atoms with Crippen LogP contribution in [-0.4, -0.2) is 50.9 Å². The molecule has 0 aromatic heterocycles. The molecule has 1 N–H and O–H groups in total. The Hall–Kier alpha value is -0.160. The van der Waals surface area contributed by atoms with Crippen LogP contribution in [0, 0.1) is 0 Å². The molecule has 4 nitrogen and oxygen atoms in total. The van der Waals surface area contributed by atoms with Crippen LogP contribution in [0.2, 0.25) is 0 Å². The fraction of sp³-hybridized carbons (Fsp3) is 1.00. The van der Waals surface area contributed by atoms with E-state index in [4.69, 9.17) is 14.2 Å². The molecule has 0 fully saturated rings. The van der Waals surface area contributed by atoms with Gasteiger partial charge in [-0.05, 0) is 12.8 Å². The van der Waals surface area contributed by atoms with E-state index in [0.29, 0.717) is 33.0 Å². The minimum Gasteiger partial charge on any atom is -0.391 e. The highest BCUT2D eigenvalue weighted by Gasteiger charge is 2.04. The molecular formula is C26H54O4. The normalized spacial score (nSPS) is 12.5. The smallest absolute Gasteiger partial charge is 0.0773 e. The first kappa shape index (κ1) is 29.8. The average molecular weight is 431 g/mol. The van der Waals surface area contributed by atoms with Crippen LogP contribution in [0.3, 0.4) is 0 Å². The Labute approximate surface area is 188 Å². The van der Waals surface area contributed by atoms with Crippen LogP contribution in [0.5, 0.6) is 0 Å². The Kier molecular flexibility index (Phi) is 26.7. The molecule has 1 unspecified atom stereocenters. The second-order valence-electron chi connectivity index (χ2n) is 8.69. The summed E-state index contributed by atoms with van der Waals surface area (Å²) in [5, 5.41) is 9.98. The lowest BCUT2D eigenvalue weighted by Gasteiger charge is -2.11. The molecule has 0 bridgehead atoms. The fourth-order valence-electron chi connectivity index (χ4n) is 3.56. The summed E-state index contributed by atoms with van der Waals surface area (Å²) in [5.74, 6) is 0. The maximum absolute atomic E-state index is 9.98. The predicted octanol–water partition coefficient (Wildman–Crippen LogP) is 7.07. The average Bonchev–Trinajstić information content (AvgIpc) is 2.75. The Morgan fingerprint density at radius 1 is 0.467 bits per heavy atom. The van der Waals surface area contributed by atoms with Gasteiger partial charge >= 0.3 is 0 Å². The minimum atomic E-state index is -0.334. The largest absolute Gasteiger partial charge is 0.391 e. The highest BCUT2D eigenvalue weighted by molar-refractivity contribution is 4.55. The van der Waals surface area contributed by atoms with E-state index in [1.807, 2.05) is 0 Å². The molecule has 0 spiro atoms. The molecule has 0 amide bonds. The minimum absolute atomic E-state index is 0.334. The molecule has 0 heterocycles. The predicted molar refractivity (Wildman–Crippen MR) is 128 cm³/mol. The van der Waals surface area contributed by atoms with Crippen molar-refractivity contribution in [3.8, 4) is 0 Å². The summed E-state index contributed by atoms with van der Waals surface area (Å²) in [5.41, 5.74) is 0. The van der Waals surface area contributed by atoms with Crippen molar-refractivity contribution in [1.82, 2.24) is 0 Å². The number of aliphatic hydroxyl groups excluding tert-OH is 1. The Morgan fingerprint density at radius 3 is 1.37 bits per heavy atom. The lowest BCUT2D eigenvalue weighted by Crippen LogP contribution is -2.17. The van der Waals surface area contributed by atoms with Crippen molar-refractivity contribution in [3.63, 3.8) is 0 Å². The highest BCUT2D eigenvalue weighted by Crippen LogP contribution is 2.13. The Balaban J connectivity index is 3.12. The van der Waals surface area contributed by atoms with Crippen molar-refractivity contribution >= 4 is 0 Å². The van der Waals surface area contributed by atoms with Crippen LogP contribution in [0.1, 0.15) is 123 Å². The molecule has 0 aliphatic rings. The van der Waals surface area contributed by atoms with E-state index >= 15 is 0 Å². The van der Waals surface area contributed by atoms with Crippen LogP contribution in [0.4, 0.5) is 0 Å². The van der Waals surface area contributed by atoms with Gasteiger partial charge in [-0.1, -0.05) is 110 Å². The number of unbranched alkanes of at least 4 members (excludes halogenated alkanes) is 14. The van der Waals surface area contributed by atoms with Crippen molar-refractivity contribution in [2.24, 2.45) is 0 Å². The molecule has 0 aromatic carbocycles. The number of hydrogen-bond acceptors (Lipinski definition) is 4. The van der Waals surface area contributed by atoms with Gasteiger partial charge in [-0.2, -0.15) is 0 Å². The molecule has 1 atom stereocenters. The van der Waals surface area contributed by atoms with E-state index < -0.39 is 0 Å². The SMILES string of the molecule is CCCCCCCCCCCCCCCCC(O)COCCOCCOCCCC. The molecular weight excluding hydrogens is 376 g/mol. The second kappa shape index (κ2) is 26.9. The van der Waals surface area contributed by atoms with Crippen LogP contribution >= 0.6 is 0 Å². The molecule has 0 rings (SSSR count). The van der Waals surface area contributed by atoms with Gasteiger partial charge < -0.3 is 19.3 Å². The number of rotatable bonds is 26. The third-order valence-electron chi connectivity index (χ3n) is 5.59. The van der Waals surface area contributed by atoms with E-state index in [0.717, 1.165) is 32.3 Å². The Bertz CT molecular complexity index is 299. The molecule has 0 radical (unpaired) electrons. The van der Waals surface area contributed by atoms with E-state index in [1.54, 1.807) is 0 Å². The van der Waals surface area contributed by atoms with Crippen molar-refractivity contribution in [2.45, 2.75) is 129 Å². The lowest BCUT2D eigenvalue weighted by atomic mass is 10.0. The summed E-state index contributed by atoms with van der Waals surface area (Å²) in [6.45, 7) is 8.08. The first-order chi connectivity index (χ1) is 14.8. The second-order valence-corrected chi connectivity index (χ2v) is 8.69. The van der Waals surface area contributed by atoms with E-state index in [-0.39, 0.29) is 6.10 Å². The third kappa shape index (κ3) is 25.9. The molecule has 0 aromatic rings. The molecule has 0 saturated heterocycles. The van der Waals surface area contributed by atoms with Gasteiger partial charge in [-0.3, -0.25) is 0 Å². The monoisotopic (exact) mass is 430 g/mol. The zero-order valence-electron chi connectivity index (χ0n) is 20.5. The Morgan fingerprint density at radius 2 is 0.867 bits per heavy atom. The number of ether oxygens (including phenoxy) is 3. The van der Waals surface area contributed by atoms with Crippen molar-refractivity contribution in [2.75, 3.05) is 39.6 Å². The van der Waals surface area contributed by atoms with Crippen LogP contribution in [0.25, 0.3) is 0 Å². The maximum atomic E-state index is 9.98. The van der Waals surface area contributed by atoms with Crippen LogP contribution in [-0.2, 0) is 14.2 Å². The highest BCUT2D eigenvalue weighted by atomic mass is 16.5. The number of hydrogen-bond donors (Lipinski definition) is 1. The third-order valence-corrected chi connectivity index (χ3v) is 5.59. The molecule has 30 heavy (non-hydrogen) atoms. The van der Waals surface area contributed by atoms with Gasteiger partial charge in [0.15, 0.2) is 0 Å². The summed E-state index contributed by atoms with van der Waals surface area (Å²) in [6, 6.07) is 0. The van der Waals surface area contributed by atoms with Crippen molar-refractivity contribution in [1.29, 1.82) is 0 Å². The molecule has 182 valence electrons. The van der Waals surface area contributed by atoms with Crippen LogP contribution < -0.4 is 0 Å². The maximum Gasteiger partial charge on any atom is 0.0773 e. The summed E-state index contributed by atoms with van der Waals surface area (Å²) in [6.07, 6.45) is 21.9. The van der Waals surface area contributed by atoms with Gasteiger partial charge in [0.05, 0.1) is 39.1 Å². The molecule has 4 heteroatoms. The quantitative estimate of drug-likeness (QED) is 0.149. The summed E-state index contributed by atoms with van der Waals surface area (Å²) in [7, 11) is 0. The first-order valence-electron chi connectivity index (χ1n) is 13.2. The van der Waals surface area contributed by atoms with Gasteiger partial charge in [0, 0.05) is 6.61 Å². The summed E-state index contributed by atoms with van der Waals surface area (Å²) in [4.78, 5) is 0. The van der Waals surface area contributed by atoms with Gasteiger partial charge in [-0.15, -0.1) is 0 Å². The standard InChI is InChI=1S/C26H54O4/c1-3-5-7-8-9-10-11-12-13-14-15-16-17-18-19-26(27)25-30-24-23-29-22-21-28-20-6-4-2/h26-27H,3-25H2,1-2H3. The lowest BCUT2D eigenvalue weighted by molar-refractivity contribution is -0.0119. The zero-order valence-corrected chi connectivity index (χ0v) is 20.5. The number of aliphatic hydroxyl groups is 1. The molecule has 0 aliphatic heterocycles. The van der Waals surface area contributed by atoms with Crippen molar-refractivity contribution < 1.29 is 19.3 Å². The summed E-state index contributed by atoms with van der Waals surface area (Å²) >= 11 is 0. The van der Waals surface area contributed by atoms with Gasteiger partial charge in [0.1, 0.15) is 0 Å². The van der Waals surface area contributed by atoms with E-state index in [9.17, 15) is 5.11 Å². The van der Waals surface area contributed by atoms with Gasteiger partial charge in [0.25, 0.3) is 0 Å². The first-order valence-corrected chi connectivity index (χ1v) is 13.2. The summed E-state index contributed by atoms with van der Waals surface area (Å²) < 4.78 is 16.4. The van der Waals surface area contributed by atoms with E-state index in [2.05, 4.69) is 13.8 Å². The topological polar surface area (TPSA) is 47.9 Å². The van der Waals surface area contributed by atoms with E-state index in [1.165, 1.54) is 83.5 Å². The molecule has 0 aliphatic carbocycles. The van der Waals surface area contributed by atoms with Crippen LogP contribution in [0.15, 0.2) is 0 Å². The zero-order chi connectivity index (χ0) is 22.0. The fourth-order valence-corrected chi connectivity index (χ4v) is 3.56. The van der Waals surface area contributed by atoms with Gasteiger partial charge in [0.2, 0.25) is 0 Å². The molecule has 0 saturated carbocycles. The van der Waals surface area contributed by atoms with Crippen molar-refractivity contribution in [3.05, 3.63) is 0 Å². The van der Waals surface area contributed by atoms with Gasteiger partial charge in [-0.25, -0.2) is 0 Å².